The highest BCUT2D eigenvalue weighted by Crippen LogP contribution is 2.34. The molecule has 3 heterocycles. The highest BCUT2D eigenvalue weighted by atomic mass is 16.5. The van der Waals surface area contributed by atoms with Gasteiger partial charge in [0.2, 0.25) is 0 Å². The van der Waals surface area contributed by atoms with Crippen molar-refractivity contribution in [3.63, 3.8) is 0 Å². The van der Waals surface area contributed by atoms with Gasteiger partial charge >= 0.3 is 0 Å². The lowest BCUT2D eigenvalue weighted by atomic mass is 9.97. The Kier molecular flexibility index (Phi) is 2.52. The van der Waals surface area contributed by atoms with E-state index in [-0.39, 0.29) is 0 Å². The monoisotopic (exact) mass is 264 g/mol. The number of rotatable bonds is 1. The summed E-state index contributed by atoms with van der Waals surface area (Å²) in [6.07, 6.45) is 6.08. The van der Waals surface area contributed by atoms with E-state index in [1.54, 1.807) is 0 Å². The number of nitrogens with one attached hydrogen (secondary N) is 1. The van der Waals surface area contributed by atoms with Crippen LogP contribution in [-0.2, 0) is 6.42 Å². The first-order chi connectivity index (χ1) is 9.83. The average Bonchev–Trinajstić information content (AvgIpc) is 2.88. The predicted molar refractivity (Wildman–Crippen MR) is 80.1 cm³/mol. The number of benzene rings is 1. The van der Waals surface area contributed by atoms with Gasteiger partial charge in [0.25, 0.3) is 0 Å². The van der Waals surface area contributed by atoms with Crippen molar-refractivity contribution in [2.75, 3.05) is 6.61 Å². The summed E-state index contributed by atoms with van der Waals surface area (Å²) in [7, 11) is 0. The number of ether oxygens (including phenoxy) is 1. The van der Waals surface area contributed by atoms with Gasteiger partial charge < -0.3 is 9.72 Å². The quantitative estimate of drug-likeness (QED) is 0.724. The number of aromatic amines is 1. The number of hydrogen-bond acceptors (Lipinski definition) is 2. The molecule has 0 radical (unpaired) electrons. The van der Waals surface area contributed by atoms with Gasteiger partial charge in [-0.2, -0.15) is 0 Å². The molecule has 4 rings (SSSR count). The SMILES string of the molecule is Cc1c[nH]c2nccc(-c3ccc4c(c3)CCCO4)c12. The molecule has 0 amide bonds. The Labute approximate surface area is 117 Å². The minimum absolute atomic E-state index is 0.836. The second-order valence-electron chi connectivity index (χ2n) is 5.33. The fraction of sp³-hybridized carbons (Fsp3) is 0.235. The average molecular weight is 264 g/mol. The maximum absolute atomic E-state index is 5.69. The van der Waals surface area contributed by atoms with Crippen LogP contribution in [0.5, 0.6) is 5.75 Å². The molecular weight excluding hydrogens is 248 g/mol. The van der Waals surface area contributed by atoms with Gasteiger partial charge in [-0.15, -0.1) is 0 Å². The van der Waals surface area contributed by atoms with Crippen LogP contribution in [0.2, 0.25) is 0 Å². The van der Waals surface area contributed by atoms with Crippen LogP contribution in [0.4, 0.5) is 0 Å². The molecule has 0 spiro atoms. The summed E-state index contributed by atoms with van der Waals surface area (Å²) in [5.74, 6) is 1.04. The Morgan fingerprint density at radius 2 is 2.20 bits per heavy atom. The first-order valence-corrected chi connectivity index (χ1v) is 7.02. The number of fused-ring (bicyclic) bond motifs is 2. The second-order valence-corrected chi connectivity index (χ2v) is 5.33. The van der Waals surface area contributed by atoms with E-state index in [0.717, 1.165) is 30.8 Å². The maximum atomic E-state index is 5.69. The van der Waals surface area contributed by atoms with Crippen LogP contribution in [0.25, 0.3) is 22.2 Å². The standard InChI is InChI=1S/C17H16N2O/c1-11-10-19-17-16(11)14(6-7-18-17)12-4-5-15-13(9-12)3-2-8-20-15/h4-7,9-10H,2-3,8H2,1H3,(H,18,19). The molecule has 20 heavy (non-hydrogen) atoms. The molecule has 0 saturated heterocycles. The number of H-pyrrole nitrogens is 1. The van der Waals surface area contributed by atoms with Crippen molar-refractivity contribution < 1.29 is 4.74 Å². The van der Waals surface area contributed by atoms with Crippen molar-refractivity contribution in [1.82, 2.24) is 9.97 Å². The zero-order valence-corrected chi connectivity index (χ0v) is 11.4. The molecule has 1 aliphatic rings. The summed E-state index contributed by atoms with van der Waals surface area (Å²) < 4.78 is 5.69. The first-order valence-electron chi connectivity index (χ1n) is 7.02. The largest absolute Gasteiger partial charge is 0.493 e. The van der Waals surface area contributed by atoms with Gasteiger partial charge in [-0.25, -0.2) is 4.98 Å². The molecule has 1 aromatic carbocycles. The molecule has 1 N–H and O–H groups in total. The molecule has 3 nitrogen and oxygen atoms in total. The van der Waals surface area contributed by atoms with Crippen molar-refractivity contribution in [2.45, 2.75) is 19.8 Å². The molecule has 3 aromatic rings. The Bertz CT molecular complexity index is 789. The first kappa shape index (κ1) is 11.5. The third kappa shape index (κ3) is 1.70. The van der Waals surface area contributed by atoms with Gasteiger partial charge in [-0.1, -0.05) is 6.07 Å². The predicted octanol–water partition coefficient (Wildman–Crippen LogP) is 3.86. The molecule has 0 unspecified atom stereocenters. The molecular formula is C17H16N2O. The molecule has 0 saturated carbocycles. The maximum Gasteiger partial charge on any atom is 0.138 e. The van der Waals surface area contributed by atoms with Crippen molar-refractivity contribution in [2.24, 2.45) is 0 Å². The Balaban J connectivity index is 1.93. The number of pyridine rings is 1. The number of hydrogen-bond donors (Lipinski definition) is 1. The van der Waals surface area contributed by atoms with Crippen molar-refractivity contribution in [3.8, 4) is 16.9 Å². The highest BCUT2D eigenvalue weighted by Gasteiger charge is 2.13. The van der Waals surface area contributed by atoms with Gasteiger partial charge in [0.05, 0.1) is 6.61 Å². The van der Waals surface area contributed by atoms with E-state index in [9.17, 15) is 0 Å². The van der Waals surface area contributed by atoms with Gasteiger partial charge in [0.15, 0.2) is 0 Å². The third-order valence-electron chi connectivity index (χ3n) is 3.99. The number of aromatic nitrogens is 2. The fourth-order valence-corrected chi connectivity index (χ4v) is 2.99. The van der Waals surface area contributed by atoms with Gasteiger partial charge in [-0.05, 0) is 60.2 Å². The summed E-state index contributed by atoms with van der Waals surface area (Å²) in [4.78, 5) is 7.62. The topological polar surface area (TPSA) is 37.9 Å². The molecule has 0 fully saturated rings. The highest BCUT2D eigenvalue weighted by molar-refractivity contribution is 5.95. The van der Waals surface area contributed by atoms with Crippen LogP contribution >= 0.6 is 0 Å². The second kappa shape index (κ2) is 4.37. The van der Waals surface area contributed by atoms with Gasteiger partial charge in [0.1, 0.15) is 11.4 Å². The van der Waals surface area contributed by atoms with E-state index < -0.39 is 0 Å². The summed E-state index contributed by atoms with van der Waals surface area (Å²) in [5, 5.41) is 1.21. The molecule has 2 aromatic heterocycles. The summed E-state index contributed by atoms with van der Waals surface area (Å²) in [5.41, 5.74) is 5.98. The molecule has 1 aliphatic heterocycles. The third-order valence-corrected chi connectivity index (χ3v) is 3.99. The van der Waals surface area contributed by atoms with Crippen LogP contribution in [0, 0.1) is 6.92 Å². The summed E-state index contributed by atoms with van der Waals surface area (Å²) in [6.45, 7) is 2.95. The number of aryl methyl sites for hydroxylation is 2. The van der Waals surface area contributed by atoms with E-state index in [2.05, 4.69) is 41.2 Å². The van der Waals surface area contributed by atoms with Crippen LogP contribution in [-0.4, -0.2) is 16.6 Å². The van der Waals surface area contributed by atoms with E-state index in [1.165, 1.54) is 27.6 Å². The molecule has 0 bridgehead atoms. The molecule has 3 heteroatoms. The molecule has 0 atom stereocenters. The number of nitrogens with zero attached hydrogens (tertiary/aromatic N) is 1. The minimum atomic E-state index is 0.836. The van der Waals surface area contributed by atoms with Crippen LogP contribution in [0.1, 0.15) is 17.5 Å². The normalized spacial score (nSPS) is 14.1. The van der Waals surface area contributed by atoms with Crippen LogP contribution in [0.3, 0.4) is 0 Å². The van der Waals surface area contributed by atoms with E-state index in [1.807, 2.05) is 12.4 Å². The summed E-state index contributed by atoms with van der Waals surface area (Å²) >= 11 is 0. The Hall–Kier alpha value is -2.29. The Morgan fingerprint density at radius 3 is 3.15 bits per heavy atom. The molecule has 0 aliphatic carbocycles. The Morgan fingerprint density at radius 1 is 1.25 bits per heavy atom. The molecule has 100 valence electrons. The smallest absolute Gasteiger partial charge is 0.138 e. The van der Waals surface area contributed by atoms with Crippen LogP contribution < -0.4 is 4.74 Å². The van der Waals surface area contributed by atoms with Crippen LogP contribution in [0.15, 0.2) is 36.7 Å². The fourth-order valence-electron chi connectivity index (χ4n) is 2.99. The lowest BCUT2D eigenvalue weighted by molar-refractivity contribution is 0.288. The van der Waals surface area contributed by atoms with Crippen molar-refractivity contribution in [3.05, 3.63) is 47.8 Å². The zero-order valence-electron chi connectivity index (χ0n) is 11.4. The van der Waals surface area contributed by atoms with E-state index in [4.69, 9.17) is 4.74 Å². The van der Waals surface area contributed by atoms with E-state index >= 15 is 0 Å². The van der Waals surface area contributed by atoms with E-state index in [0.29, 0.717) is 0 Å². The minimum Gasteiger partial charge on any atom is -0.493 e. The lowest BCUT2D eigenvalue weighted by Gasteiger charge is -2.18. The van der Waals surface area contributed by atoms with Gasteiger partial charge in [0, 0.05) is 17.8 Å². The zero-order chi connectivity index (χ0) is 13.5. The van der Waals surface area contributed by atoms with Crippen molar-refractivity contribution >= 4 is 11.0 Å². The summed E-state index contributed by atoms with van der Waals surface area (Å²) in [6, 6.07) is 8.59. The lowest BCUT2D eigenvalue weighted by Crippen LogP contribution is -2.08. The van der Waals surface area contributed by atoms with Crippen molar-refractivity contribution in [1.29, 1.82) is 0 Å². The van der Waals surface area contributed by atoms with Gasteiger partial charge in [-0.3, -0.25) is 0 Å².